The largest absolute Gasteiger partial charge is 0.296 e. The summed E-state index contributed by atoms with van der Waals surface area (Å²) in [7, 11) is 0. The van der Waals surface area contributed by atoms with E-state index in [4.69, 9.17) is 0 Å². The molecule has 1 heterocycles. The molecule has 2 fully saturated rings. The smallest absolute Gasteiger partial charge is 0.0826 e. The standard InChI is InChI=1S/C23H26N2.ClH/c24-18-23(21-11-5-2-6-12-21)14-13-22-20(16-23)10-7-15-25(22)17-19-8-3-1-4-9-19;/h1-6,8-9,11-12,20,22H,7,10,13-17H2;1H/t20-,22-,23?;/m1./s1. The number of fused-ring (bicyclic) bond motifs is 1. The van der Waals surface area contributed by atoms with Gasteiger partial charge in [0.25, 0.3) is 0 Å². The van der Waals surface area contributed by atoms with Gasteiger partial charge in [-0.05, 0) is 55.7 Å². The van der Waals surface area contributed by atoms with Crippen LogP contribution in [0, 0.1) is 17.2 Å². The molecule has 0 radical (unpaired) electrons. The molecule has 2 aromatic rings. The average Bonchev–Trinajstić information content (AvgIpc) is 2.69. The zero-order valence-corrected chi connectivity index (χ0v) is 16.0. The van der Waals surface area contributed by atoms with E-state index >= 15 is 0 Å². The third-order valence-corrected chi connectivity index (χ3v) is 6.28. The van der Waals surface area contributed by atoms with Gasteiger partial charge < -0.3 is 0 Å². The van der Waals surface area contributed by atoms with E-state index in [2.05, 4.69) is 65.6 Å². The minimum atomic E-state index is -0.280. The maximum absolute atomic E-state index is 10.0. The monoisotopic (exact) mass is 366 g/mol. The van der Waals surface area contributed by atoms with Gasteiger partial charge in [-0.2, -0.15) is 5.26 Å². The van der Waals surface area contributed by atoms with E-state index in [1.54, 1.807) is 0 Å². The van der Waals surface area contributed by atoms with Crippen molar-refractivity contribution in [2.45, 2.75) is 50.1 Å². The number of likely N-dealkylation sites (tertiary alicyclic amines) is 1. The first kappa shape index (κ1) is 19.0. The van der Waals surface area contributed by atoms with Crippen LogP contribution in [0.5, 0.6) is 0 Å². The maximum atomic E-state index is 10.0. The highest BCUT2D eigenvalue weighted by molar-refractivity contribution is 5.85. The number of piperidine rings is 1. The van der Waals surface area contributed by atoms with Crippen LogP contribution in [0.15, 0.2) is 60.7 Å². The molecule has 2 aromatic carbocycles. The lowest BCUT2D eigenvalue weighted by Crippen LogP contribution is -2.50. The number of rotatable bonds is 3. The first-order chi connectivity index (χ1) is 12.3. The molecule has 4 rings (SSSR count). The van der Waals surface area contributed by atoms with Crippen molar-refractivity contribution in [2.75, 3.05) is 6.54 Å². The Bertz CT molecular complexity index is 740. The summed E-state index contributed by atoms with van der Waals surface area (Å²) in [5, 5.41) is 10.0. The fourth-order valence-corrected chi connectivity index (χ4v) is 5.01. The SMILES string of the molecule is Cl.N#CC1(c2ccccc2)CC[C@@H]2[C@H](CCCN2Cc2ccccc2)C1. The molecule has 0 N–H and O–H groups in total. The quantitative estimate of drug-likeness (QED) is 0.733. The Morgan fingerprint density at radius 1 is 1.00 bits per heavy atom. The predicted octanol–water partition coefficient (Wildman–Crippen LogP) is 5.33. The summed E-state index contributed by atoms with van der Waals surface area (Å²) in [4.78, 5) is 2.68. The fraction of sp³-hybridized carbons (Fsp3) is 0.435. The van der Waals surface area contributed by atoms with Gasteiger partial charge in [0.15, 0.2) is 0 Å². The molecule has 2 nitrogen and oxygen atoms in total. The summed E-state index contributed by atoms with van der Waals surface area (Å²) >= 11 is 0. The summed E-state index contributed by atoms with van der Waals surface area (Å²) in [5.41, 5.74) is 2.34. The van der Waals surface area contributed by atoms with Crippen molar-refractivity contribution in [3.63, 3.8) is 0 Å². The molecule has 136 valence electrons. The lowest BCUT2D eigenvalue weighted by atomic mass is 9.63. The molecule has 3 atom stereocenters. The van der Waals surface area contributed by atoms with Gasteiger partial charge in [0, 0.05) is 12.6 Å². The summed E-state index contributed by atoms with van der Waals surface area (Å²) in [5.74, 6) is 0.645. The third-order valence-electron chi connectivity index (χ3n) is 6.28. The molecule has 1 saturated heterocycles. The number of nitriles is 1. The minimum absolute atomic E-state index is 0. The minimum Gasteiger partial charge on any atom is -0.296 e. The Kier molecular flexibility index (Phi) is 6.01. The summed E-state index contributed by atoms with van der Waals surface area (Å²) in [6.45, 7) is 2.24. The highest BCUT2D eigenvalue weighted by Crippen LogP contribution is 2.46. The molecule has 1 aliphatic heterocycles. The number of hydrogen-bond donors (Lipinski definition) is 0. The van der Waals surface area contributed by atoms with Crippen molar-refractivity contribution in [1.29, 1.82) is 5.26 Å². The second-order valence-corrected chi connectivity index (χ2v) is 7.73. The average molecular weight is 367 g/mol. The molecule has 2 aliphatic rings. The number of hydrogen-bond acceptors (Lipinski definition) is 2. The summed E-state index contributed by atoms with van der Waals surface area (Å²) in [6, 6.07) is 24.7. The van der Waals surface area contributed by atoms with Crippen LogP contribution in [0.4, 0.5) is 0 Å². The topological polar surface area (TPSA) is 27.0 Å². The van der Waals surface area contributed by atoms with Crippen LogP contribution >= 0.6 is 12.4 Å². The van der Waals surface area contributed by atoms with Gasteiger partial charge in [-0.1, -0.05) is 60.7 Å². The molecular formula is C23H27ClN2. The number of benzene rings is 2. The molecule has 1 aliphatic carbocycles. The van der Waals surface area contributed by atoms with Crippen molar-refractivity contribution in [3.05, 3.63) is 71.8 Å². The Balaban J connectivity index is 0.00000196. The predicted molar refractivity (Wildman–Crippen MR) is 108 cm³/mol. The fourth-order valence-electron chi connectivity index (χ4n) is 5.01. The molecule has 0 spiro atoms. The van der Waals surface area contributed by atoms with Crippen LogP contribution in [-0.2, 0) is 12.0 Å². The molecule has 0 bridgehead atoms. The highest BCUT2D eigenvalue weighted by Gasteiger charge is 2.45. The summed E-state index contributed by atoms with van der Waals surface area (Å²) in [6.07, 6.45) is 5.67. The van der Waals surface area contributed by atoms with Crippen LogP contribution in [0.25, 0.3) is 0 Å². The highest BCUT2D eigenvalue weighted by atomic mass is 35.5. The Morgan fingerprint density at radius 2 is 1.69 bits per heavy atom. The normalized spacial score (nSPS) is 28.4. The Hall–Kier alpha value is -1.82. The van der Waals surface area contributed by atoms with Gasteiger partial charge >= 0.3 is 0 Å². The van der Waals surface area contributed by atoms with E-state index in [0.717, 1.165) is 25.8 Å². The van der Waals surface area contributed by atoms with Gasteiger partial charge in [0.1, 0.15) is 0 Å². The lowest BCUT2D eigenvalue weighted by Gasteiger charge is -2.48. The van der Waals surface area contributed by atoms with Crippen molar-refractivity contribution in [3.8, 4) is 6.07 Å². The van der Waals surface area contributed by atoms with Gasteiger partial charge in [-0.25, -0.2) is 0 Å². The van der Waals surface area contributed by atoms with Gasteiger partial charge in [-0.15, -0.1) is 12.4 Å². The number of halogens is 1. The lowest BCUT2D eigenvalue weighted by molar-refractivity contribution is 0.0369. The Morgan fingerprint density at radius 3 is 2.38 bits per heavy atom. The maximum Gasteiger partial charge on any atom is 0.0826 e. The van der Waals surface area contributed by atoms with Crippen molar-refractivity contribution in [1.82, 2.24) is 4.90 Å². The van der Waals surface area contributed by atoms with Gasteiger partial charge in [0.05, 0.1) is 11.5 Å². The second-order valence-electron chi connectivity index (χ2n) is 7.73. The molecule has 26 heavy (non-hydrogen) atoms. The molecule has 1 saturated carbocycles. The molecule has 1 unspecified atom stereocenters. The first-order valence-corrected chi connectivity index (χ1v) is 9.55. The van der Waals surface area contributed by atoms with Crippen LogP contribution in [0.3, 0.4) is 0 Å². The first-order valence-electron chi connectivity index (χ1n) is 9.55. The van der Waals surface area contributed by atoms with Crippen molar-refractivity contribution < 1.29 is 0 Å². The zero-order chi connectivity index (χ0) is 17.1. The molecule has 3 heteroatoms. The molecular weight excluding hydrogens is 340 g/mol. The third kappa shape index (κ3) is 3.65. The Labute approximate surface area is 163 Å². The van der Waals surface area contributed by atoms with Crippen molar-refractivity contribution >= 4 is 12.4 Å². The number of nitrogens with zero attached hydrogens (tertiary/aromatic N) is 2. The van der Waals surface area contributed by atoms with E-state index in [1.165, 1.54) is 30.5 Å². The van der Waals surface area contributed by atoms with Gasteiger partial charge in [0.2, 0.25) is 0 Å². The van der Waals surface area contributed by atoms with Crippen LogP contribution in [0.2, 0.25) is 0 Å². The van der Waals surface area contributed by atoms with Crippen LogP contribution in [-0.4, -0.2) is 17.5 Å². The zero-order valence-electron chi connectivity index (χ0n) is 15.2. The van der Waals surface area contributed by atoms with E-state index in [0.29, 0.717) is 12.0 Å². The van der Waals surface area contributed by atoms with E-state index in [9.17, 15) is 5.26 Å². The van der Waals surface area contributed by atoms with E-state index in [-0.39, 0.29) is 17.8 Å². The van der Waals surface area contributed by atoms with Crippen molar-refractivity contribution in [2.24, 2.45) is 5.92 Å². The summed E-state index contributed by atoms with van der Waals surface area (Å²) < 4.78 is 0. The van der Waals surface area contributed by atoms with E-state index < -0.39 is 0 Å². The van der Waals surface area contributed by atoms with Crippen LogP contribution in [0.1, 0.15) is 43.2 Å². The molecule has 0 aromatic heterocycles. The van der Waals surface area contributed by atoms with E-state index in [1.807, 2.05) is 6.07 Å². The second kappa shape index (κ2) is 8.25. The van der Waals surface area contributed by atoms with Gasteiger partial charge in [-0.3, -0.25) is 4.90 Å². The van der Waals surface area contributed by atoms with Crippen LogP contribution < -0.4 is 0 Å². The molecule has 0 amide bonds.